The average molecular weight is 307 g/mol. The van der Waals surface area contributed by atoms with Crippen molar-refractivity contribution in [1.82, 2.24) is 25.0 Å². The van der Waals surface area contributed by atoms with Crippen LogP contribution in [0.4, 0.5) is 11.9 Å². The number of rotatable bonds is 2. The van der Waals surface area contributed by atoms with Crippen LogP contribution in [0.25, 0.3) is 17.1 Å². The number of anilines is 2. The molecule has 1 aliphatic carbocycles. The number of fused-ring (bicyclic) bond motifs is 3. The van der Waals surface area contributed by atoms with Crippen LogP contribution in [-0.2, 0) is 12.8 Å². The molecule has 4 rings (SSSR count). The molecule has 2 heterocycles. The molecule has 23 heavy (non-hydrogen) atoms. The van der Waals surface area contributed by atoms with E-state index in [1.807, 2.05) is 12.1 Å². The number of aromatic nitrogens is 5. The molecule has 116 valence electrons. The third-order valence-corrected chi connectivity index (χ3v) is 4.09. The SMILES string of the molecule is CNc1nc(N)nn1-c1cc2c(nn1)-c1ccccc1CCC2. The van der Waals surface area contributed by atoms with E-state index in [1.165, 1.54) is 16.7 Å². The lowest BCUT2D eigenvalue weighted by molar-refractivity contribution is 0.799. The Labute approximate surface area is 133 Å². The Kier molecular flexibility index (Phi) is 3.18. The first kappa shape index (κ1) is 13.7. The highest BCUT2D eigenvalue weighted by Crippen LogP contribution is 2.31. The number of aryl methyl sites for hydroxylation is 2. The molecule has 1 aliphatic rings. The first-order chi connectivity index (χ1) is 11.3. The summed E-state index contributed by atoms with van der Waals surface area (Å²) in [6, 6.07) is 10.4. The first-order valence-electron chi connectivity index (χ1n) is 7.62. The molecule has 2 aromatic heterocycles. The molecule has 0 amide bonds. The van der Waals surface area contributed by atoms with Crippen molar-refractivity contribution in [3.05, 3.63) is 41.5 Å². The quantitative estimate of drug-likeness (QED) is 0.750. The molecular formula is C16H17N7. The summed E-state index contributed by atoms with van der Waals surface area (Å²) < 4.78 is 1.58. The summed E-state index contributed by atoms with van der Waals surface area (Å²) in [6.45, 7) is 0. The van der Waals surface area contributed by atoms with E-state index in [0.29, 0.717) is 11.8 Å². The molecule has 0 saturated heterocycles. The Balaban J connectivity index is 1.85. The van der Waals surface area contributed by atoms with E-state index in [9.17, 15) is 0 Å². The fourth-order valence-corrected chi connectivity index (χ4v) is 3.03. The summed E-state index contributed by atoms with van der Waals surface area (Å²) in [4.78, 5) is 4.12. The lowest BCUT2D eigenvalue weighted by Gasteiger charge is -2.09. The summed E-state index contributed by atoms with van der Waals surface area (Å²) >= 11 is 0. The third kappa shape index (κ3) is 2.30. The van der Waals surface area contributed by atoms with E-state index in [-0.39, 0.29) is 5.95 Å². The van der Waals surface area contributed by atoms with Gasteiger partial charge in [-0.1, -0.05) is 24.3 Å². The van der Waals surface area contributed by atoms with E-state index in [0.717, 1.165) is 25.0 Å². The van der Waals surface area contributed by atoms with Crippen LogP contribution in [0.1, 0.15) is 17.5 Å². The molecule has 0 bridgehead atoms. The van der Waals surface area contributed by atoms with Crippen molar-refractivity contribution in [3.63, 3.8) is 0 Å². The van der Waals surface area contributed by atoms with Crippen LogP contribution in [0.15, 0.2) is 30.3 Å². The van der Waals surface area contributed by atoms with Crippen LogP contribution >= 0.6 is 0 Å². The van der Waals surface area contributed by atoms with Crippen LogP contribution < -0.4 is 11.1 Å². The second-order valence-electron chi connectivity index (χ2n) is 5.54. The fourth-order valence-electron chi connectivity index (χ4n) is 3.03. The standard InChI is InChI=1S/C16H17N7/c1-18-16-19-15(17)22-23(16)13-9-11-7-4-6-10-5-2-3-8-12(10)14(11)21-20-13/h2-3,5,8-9H,4,6-7H2,1H3,(H3,17,18,19,22). The Hall–Kier alpha value is -2.96. The normalized spacial score (nSPS) is 13.1. The minimum atomic E-state index is 0.205. The van der Waals surface area contributed by atoms with Gasteiger partial charge >= 0.3 is 0 Å². The van der Waals surface area contributed by atoms with Crippen molar-refractivity contribution in [3.8, 4) is 17.1 Å². The van der Waals surface area contributed by atoms with Gasteiger partial charge in [-0.25, -0.2) is 0 Å². The summed E-state index contributed by atoms with van der Waals surface area (Å²) in [7, 11) is 1.77. The maximum atomic E-state index is 5.69. The van der Waals surface area contributed by atoms with Gasteiger partial charge in [0.25, 0.3) is 0 Å². The highest BCUT2D eigenvalue weighted by molar-refractivity contribution is 5.68. The molecule has 0 spiro atoms. The molecule has 0 saturated carbocycles. The number of nitrogens with two attached hydrogens (primary N) is 1. The molecule has 7 heteroatoms. The van der Waals surface area contributed by atoms with E-state index < -0.39 is 0 Å². The summed E-state index contributed by atoms with van der Waals surface area (Å²) in [5.74, 6) is 1.37. The van der Waals surface area contributed by atoms with Crippen LogP contribution in [0.2, 0.25) is 0 Å². The molecule has 0 aliphatic heterocycles. The van der Waals surface area contributed by atoms with Gasteiger partial charge < -0.3 is 11.1 Å². The molecule has 7 nitrogen and oxygen atoms in total. The zero-order chi connectivity index (χ0) is 15.8. The highest BCUT2D eigenvalue weighted by Gasteiger charge is 2.18. The zero-order valence-corrected chi connectivity index (χ0v) is 12.8. The predicted molar refractivity (Wildman–Crippen MR) is 88.4 cm³/mol. The van der Waals surface area contributed by atoms with Crippen LogP contribution in [0.3, 0.4) is 0 Å². The molecule has 3 N–H and O–H groups in total. The van der Waals surface area contributed by atoms with E-state index in [1.54, 1.807) is 11.7 Å². The highest BCUT2D eigenvalue weighted by atomic mass is 15.4. The Morgan fingerprint density at radius 1 is 1.13 bits per heavy atom. The number of nitrogens with zero attached hydrogens (tertiary/aromatic N) is 5. The molecule has 3 aromatic rings. The molecular weight excluding hydrogens is 290 g/mol. The van der Waals surface area contributed by atoms with Crippen LogP contribution in [-0.4, -0.2) is 32.0 Å². The molecule has 1 aromatic carbocycles. The topological polar surface area (TPSA) is 94.5 Å². The van der Waals surface area contributed by atoms with E-state index >= 15 is 0 Å². The first-order valence-corrected chi connectivity index (χ1v) is 7.62. The summed E-state index contributed by atoms with van der Waals surface area (Å²) in [5.41, 5.74) is 10.3. The lowest BCUT2D eigenvalue weighted by Crippen LogP contribution is -2.08. The Morgan fingerprint density at radius 2 is 1.96 bits per heavy atom. The molecule has 0 radical (unpaired) electrons. The minimum absolute atomic E-state index is 0.205. The Morgan fingerprint density at radius 3 is 2.83 bits per heavy atom. The maximum absolute atomic E-state index is 5.69. The van der Waals surface area contributed by atoms with Crippen LogP contribution in [0, 0.1) is 0 Å². The summed E-state index contributed by atoms with van der Waals surface area (Å²) in [5, 5.41) is 16.0. The van der Waals surface area contributed by atoms with Gasteiger partial charge in [0.15, 0.2) is 5.82 Å². The third-order valence-electron chi connectivity index (χ3n) is 4.09. The summed E-state index contributed by atoms with van der Waals surface area (Å²) in [6.07, 6.45) is 3.11. The second kappa shape index (κ2) is 5.35. The number of nitrogen functional groups attached to an aromatic ring is 1. The van der Waals surface area contributed by atoms with Gasteiger partial charge in [-0.15, -0.1) is 15.3 Å². The number of hydrogen-bond donors (Lipinski definition) is 2. The molecule has 0 fully saturated rings. The van der Waals surface area contributed by atoms with Gasteiger partial charge in [0.05, 0.1) is 5.69 Å². The average Bonchev–Trinajstić information content (AvgIpc) is 2.86. The monoisotopic (exact) mass is 307 g/mol. The van der Waals surface area contributed by atoms with Gasteiger partial charge in [0, 0.05) is 12.6 Å². The van der Waals surface area contributed by atoms with Crippen LogP contribution in [0.5, 0.6) is 0 Å². The smallest absolute Gasteiger partial charge is 0.241 e. The number of benzene rings is 1. The maximum Gasteiger partial charge on any atom is 0.241 e. The Bertz CT molecular complexity index is 869. The zero-order valence-electron chi connectivity index (χ0n) is 12.8. The van der Waals surface area contributed by atoms with E-state index in [2.05, 4.69) is 43.8 Å². The van der Waals surface area contributed by atoms with Gasteiger partial charge in [0.2, 0.25) is 11.9 Å². The molecule has 0 unspecified atom stereocenters. The van der Waals surface area contributed by atoms with Crippen molar-refractivity contribution in [2.75, 3.05) is 18.1 Å². The van der Waals surface area contributed by atoms with Crippen molar-refractivity contribution in [2.45, 2.75) is 19.3 Å². The predicted octanol–water partition coefficient (Wildman–Crippen LogP) is 1.84. The molecule has 0 atom stereocenters. The van der Waals surface area contributed by atoms with Crippen molar-refractivity contribution in [1.29, 1.82) is 0 Å². The van der Waals surface area contributed by atoms with Gasteiger partial charge in [-0.3, -0.25) is 0 Å². The minimum Gasteiger partial charge on any atom is -0.366 e. The van der Waals surface area contributed by atoms with Crippen molar-refractivity contribution >= 4 is 11.9 Å². The van der Waals surface area contributed by atoms with Gasteiger partial charge in [-0.2, -0.15) is 9.67 Å². The van der Waals surface area contributed by atoms with Crippen molar-refractivity contribution < 1.29 is 0 Å². The number of hydrogen-bond acceptors (Lipinski definition) is 6. The number of nitrogens with one attached hydrogen (secondary N) is 1. The fraction of sp³-hybridized carbons (Fsp3) is 0.250. The second-order valence-corrected chi connectivity index (χ2v) is 5.54. The lowest BCUT2D eigenvalue weighted by atomic mass is 10.0. The van der Waals surface area contributed by atoms with Gasteiger partial charge in [0.1, 0.15) is 0 Å². The largest absolute Gasteiger partial charge is 0.366 e. The van der Waals surface area contributed by atoms with Crippen molar-refractivity contribution in [2.24, 2.45) is 0 Å². The van der Waals surface area contributed by atoms with Gasteiger partial charge in [-0.05, 0) is 36.5 Å². The van der Waals surface area contributed by atoms with E-state index in [4.69, 9.17) is 5.73 Å².